The summed E-state index contributed by atoms with van der Waals surface area (Å²) in [6.07, 6.45) is 7.47. The molecular weight excluding hydrogens is 416 g/mol. The average Bonchev–Trinajstić information content (AvgIpc) is 3.16. The molecule has 1 unspecified atom stereocenters. The second-order valence-electron chi connectivity index (χ2n) is 9.26. The number of hydrogen-bond acceptors (Lipinski definition) is 5. The summed E-state index contributed by atoms with van der Waals surface area (Å²) >= 11 is 6.19. The fourth-order valence-corrected chi connectivity index (χ4v) is 5.77. The Kier molecular flexibility index (Phi) is 5.10. The van der Waals surface area contributed by atoms with Crippen molar-refractivity contribution in [3.05, 3.63) is 52.8 Å². The lowest BCUT2D eigenvalue weighted by atomic mass is 9.52. The first-order valence-corrected chi connectivity index (χ1v) is 11.2. The van der Waals surface area contributed by atoms with E-state index in [4.69, 9.17) is 55.6 Å². The van der Waals surface area contributed by atoms with Gasteiger partial charge in [-0.25, -0.2) is 4.99 Å². The average molecular weight is 438 g/mol. The minimum absolute atomic E-state index is 0.0951. The van der Waals surface area contributed by atoms with E-state index >= 15 is 0 Å². The van der Waals surface area contributed by atoms with Crippen molar-refractivity contribution in [3.8, 4) is 11.1 Å². The molecule has 1 saturated carbocycles. The third-order valence-corrected chi connectivity index (χ3v) is 7.24. The molecule has 6 radical (unpaired) electrons. The Morgan fingerprint density at radius 1 is 1.09 bits per heavy atom. The molecule has 2 spiro atoms. The monoisotopic (exact) mass is 438 g/mol. The van der Waals surface area contributed by atoms with Crippen LogP contribution >= 0.6 is 11.6 Å². The number of rotatable bonds is 3. The van der Waals surface area contributed by atoms with E-state index in [-0.39, 0.29) is 11.5 Å². The molecular formula is C23H22B3ClN4O. The fraction of sp³-hybridized carbons (Fsp3) is 0.435. The quantitative estimate of drug-likeness (QED) is 0.749. The second kappa shape index (κ2) is 7.49. The summed E-state index contributed by atoms with van der Waals surface area (Å²) in [6.45, 7) is 1.92. The van der Waals surface area contributed by atoms with Gasteiger partial charge in [-0.15, -0.1) is 0 Å². The smallest absolute Gasteiger partial charge is 0.184 e. The van der Waals surface area contributed by atoms with Gasteiger partial charge in [-0.2, -0.15) is 0 Å². The van der Waals surface area contributed by atoms with E-state index < -0.39 is 11.0 Å². The van der Waals surface area contributed by atoms with Crippen LogP contribution in [0.15, 0.2) is 46.6 Å². The molecule has 2 N–H and O–H groups in total. The van der Waals surface area contributed by atoms with E-state index in [0.29, 0.717) is 10.9 Å². The first-order valence-electron chi connectivity index (χ1n) is 10.8. The maximum atomic E-state index is 6.28. The summed E-state index contributed by atoms with van der Waals surface area (Å²) in [5.74, 6) is 0.496. The molecule has 3 aliphatic rings. The normalized spacial score (nSPS) is 29.2. The zero-order chi connectivity index (χ0) is 22.7. The highest BCUT2D eigenvalue weighted by molar-refractivity contribution is 6.58. The minimum atomic E-state index is -1.63. The van der Waals surface area contributed by atoms with Crippen molar-refractivity contribution in [2.45, 2.75) is 56.1 Å². The third kappa shape index (κ3) is 3.52. The van der Waals surface area contributed by atoms with Crippen LogP contribution in [0.5, 0.6) is 0 Å². The third-order valence-electron chi connectivity index (χ3n) is 7.03. The van der Waals surface area contributed by atoms with Crippen LogP contribution < -0.4 is 5.73 Å². The molecule has 0 amide bonds. The number of aromatic nitrogens is 1. The van der Waals surface area contributed by atoms with Crippen molar-refractivity contribution >= 4 is 46.7 Å². The van der Waals surface area contributed by atoms with Crippen LogP contribution in [0.2, 0.25) is 5.02 Å². The highest BCUT2D eigenvalue weighted by atomic mass is 35.5. The van der Waals surface area contributed by atoms with E-state index in [1.807, 2.05) is 19.2 Å². The SMILES string of the molecule is [B]C([B])([B])OC1CCC2(CC1)Cc1ccc(-c3cncc(Cl)c3)cc1C21N=C(C)C(N)=N1. The summed E-state index contributed by atoms with van der Waals surface area (Å²) in [5, 5.41) is -1.03. The Morgan fingerprint density at radius 2 is 1.84 bits per heavy atom. The van der Waals surface area contributed by atoms with Crippen LogP contribution in [0, 0.1) is 5.41 Å². The van der Waals surface area contributed by atoms with Crippen molar-refractivity contribution in [2.24, 2.45) is 21.1 Å². The van der Waals surface area contributed by atoms with E-state index in [9.17, 15) is 0 Å². The van der Waals surface area contributed by atoms with E-state index in [1.165, 1.54) is 5.56 Å². The van der Waals surface area contributed by atoms with Gasteiger partial charge in [-0.1, -0.05) is 23.7 Å². The van der Waals surface area contributed by atoms with Gasteiger partial charge in [0.2, 0.25) is 0 Å². The molecule has 1 atom stereocenters. The van der Waals surface area contributed by atoms with Gasteiger partial charge in [0.25, 0.3) is 0 Å². The maximum absolute atomic E-state index is 6.28. The van der Waals surface area contributed by atoms with Gasteiger partial charge in [0.05, 0.1) is 40.4 Å². The van der Waals surface area contributed by atoms with Crippen LogP contribution in [0.3, 0.4) is 0 Å². The molecule has 1 aromatic carbocycles. The van der Waals surface area contributed by atoms with Gasteiger partial charge in [0, 0.05) is 28.9 Å². The standard InChI is InChI=1S/C23H22B3ClN4O/c1-13-20(28)31-22(30-13)19-9-14(16-8-17(27)12-29-11-16)2-3-15(19)10-21(22)6-4-18(5-7-21)32-23(24,25)26/h2-3,8-9,11-12,18H,4-7,10H2,1H3,(H2,28,31). The molecule has 32 heavy (non-hydrogen) atoms. The number of fused-ring (bicyclic) bond motifs is 3. The van der Waals surface area contributed by atoms with Crippen LogP contribution in [-0.4, -0.2) is 51.5 Å². The number of benzene rings is 1. The van der Waals surface area contributed by atoms with Crippen molar-refractivity contribution in [1.82, 2.24) is 4.98 Å². The van der Waals surface area contributed by atoms with Gasteiger partial charge in [-0.3, -0.25) is 9.98 Å². The Labute approximate surface area is 197 Å². The summed E-state index contributed by atoms with van der Waals surface area (Å²) < 4.78 is 5.66. The molecule has 0 saturated heterocycles. The summed E-state index contributed by atoms with van der Waals surface area (Å²) in [4.78, 5) is 14.3. The number of ether oxygens (including phenoxy) is 1. The number of pyridine rings is 1. The Bertz CT molecular complexity index is 1120. The van der Waals surface area contributed by atoms with E-state index in [0.717, 1.165) is 54.5 Å². The number of hydrogen-bond donors (Lipinski definition) is 1. The topological polar surface area (TPSA) is 72.9 Å². The van der Waals surface area contributed by atoms with Crippen molar-refractivity contribution < 1.29 is 4.74 Å². The lowest BCUT2D eigenvalue weighted by Gasteiger charge is -2.46. The zero-order valence-electron chi connectivity index (χ0n) is 18.0. The van der Waals surface area contributed by atoms with E-state index in [2.05, 4.69) is 23.2 Å². The van der Waals surface area contributed by atoms with Gasteiger partial charge in [0.15, 0.2) is 5.66 Å². The lowest BCUT2D eigenvalue weighted by molar-refractivity contribution is -0.0271. The number of nitrogens with two attached hydrogens (primary N) is 1. The molecule has 0 bridgehead atoms. The predicted octanol–water partition coefficient (Wildman–Crippen LogP) is 3.01. The fourth-order valence-electron chi connectivity index (χ4n) is 5.59. The second-order valence-corrected chi connectivity index (χ2v) is 9.69. The van der Waals surface area contributed by atoms with Gasteiger partial charge >= 0.3 is 0 Å². The molecule has 2 heterocycles. The molecule has 2 aromatic rings. The van der Waals surface area contributed by atoms with Gasteiger partial charge in [0.1, 0.15) is 5.84 Å². The largest absolute Gasteiger partial charge is 0.400 e. The Hall–Kier alpha value is -2.05. The van der Waals surface area contributed by atoms with Crippen molar-refractivity contribution in [1.29, 1.82) is 0 Å². The minimum Gasteiger partial charge on any atom is -0.400 e. The van der Waals surface area contributed by atoms with Crippen molar-refractivity contribution in [3.63, 3.8) is 0 Å². The van der Waals surface area contributed by atoms with Crippen LogP contribution in [0.1, 0.15) is 43.7 Å². The van der Waals surface area contributed by atoms with Crippen molar-refractivity contribution in [2.75, 3.05) is 0 Å². The maximum Gasteiger partial charge on any atom is 0.184 e. The number of aliphatic imine (C=N–C) groups is 2. The Balaban J connectivity index is 1.56. The molecule has 5 rings (SSSR count). The molecule has 2 aliphatic carbocycles. The molecule has 9 heteroatoms. The molecule has 156 valence electrons. The predicted molar refractivity (Wildman–Crippen MR) is 131 cm³/mol. The zero-order valence-corrected chi connectivity index (χ0v) is 18.8. The van der Waals surface area contributed by atoms with Gasteiger partial charge < -0.3 is 10.5 Å². The number of nitrogens with zero attached hydrogens (tertiary/aromatic N) is 3. The first-order chi connectivity index (χ1) is 15.1. The summed E-state index contributed by atoms with van der Waals surface area (Å²) in [7, 11) is 17.0. The molecule has 1 aromatic heterocycles. The summed E-state index contributed by atoms with van der Waals surface area (Å²) in [6, 6.07) is 8.36. The molecule has 1 fully saturated rings. The number of halogens is 1. The first kappa shape index (κ1) is 21.8. The number of amidine groups is 1. The summed E-state index contributed by atoms with van der Waals surface area (Å²) in [5.41, 5.74) is 10.4. The molecule has 5 nitrogen and oxygen atoms in total. The van der Waals surface area contributed by atoms with Gasteiger partial charge in [-0.05, 0) is 67.6 Å². The van der Waals surface area contributed by atoms with Crippen LogP contribution in [-0.2, 0) is 16.8 Å². The van der Waals surface area contributed by atoms with E-state index in [1.54, 1.807) is 6.20 Å². The lowest BCUT2D eigenvalue weighted by Crippen LogP contribution is -2.46. The van der Waals surface area contributed by atoms with Crippen LogP contribution in [0.4, 0.5) is 0 Å². The molecule has 1 aliphatic heterocycles. The Morgan fingerprint density at radius 3 is 2.47 bits per heavy atom. The van der Waals surface area contributed by atoms with Crippen LogP contribution in [0.25, 0.3) is 11.1 Å². The highest BCUT2D eigenvalue weighted by Gasteiger charge is 2.60. The highest BCUT2D eigenvalue weighted by Crippen LogP contribution is 2.62.